The number of rotatable bonds is 7. The zero-order valence-electron chi connectivity index (χ0n) is 11.5. The lowest BCUT2D eigenvalue weighted by molar-refractivity contribution is 0.265. The fourth-order valence-electron chi connectivity index (χ4n) is 2.22. The Kier molecular flexibility index (Phi) is 6.38. The van der Waals surface area contributed by atoms with E-state index in [4.69, 9.17) is 11.6 Å². The van der Waals surface area contributed by atoms with Crippen LogP contribution in [0.25, 0.3) is 0 Å². The summed E-state index contributed by atoms with van der Waals surface area (Å²) in [4.78, 5) is 2.39. The third-order valence-electron chi connectivity index (χ3n) is 3.41. The van der Waals surface area contributed by atoms with Crippen LogP contribution in [0.4, 0.5) is 0 Å². The van der Waals surface area contributed by atoms with Crippen molar-refractivity contribution in [2.45, 2.75) is 33.2 Å². The fraction of sp³-hybridized carbons (Fsp3) is 1.00. The first kappa shape index (κ1) is 16.2. The molecule has 0 radical (unpaired) electrons. The van der Waals surface area contributed by atoms with Gasteiger partial charge in [-0.3, -0.25) is 0 Å². The van der Waals surface area contributed by atoms with Crippen LogP contribution in [0.15, 0.2) is 0 Å². The molecule has 1 aliphatic rings. The van der Waals surface area contributed by atoms with Crippen LogP contribution in [0.2, 0.25) is 0 Å². The van der Waals surface area contributed by atoms with Crippen molar-refractivity contribution in [3.05, 3.63) is 0 Å². The van der Waals surface area contributed by atoms with Crippen molar-refractivity contribution in [2.24, 2.45) is 11.8 Å². The normalized spacial score (nSPS) is 23.7. The fourth-order valence-corrected chi connectivity index (χ4v) is 3.93. The molecule has 2 unspecified atom stereocenters. The summed E-state index contributed by atoms with van der Waals surface area (Å²) in [5.41, 5.74) is 0. The first-order chi connectivity index (χ1) is 8.34. The molecular formula is C12H25ClN2O2S. The Bertz CT molecular complexity index is 346. The smallest absolute Gasteiger partial charge is 0.211 e. The van der Waals surface area contributed by atoms with Gasteiger partial charge in [-0.15, -0.1) is 11.6 Å². The lowest BCUT2D eigenvalue weighted by Crippen LogP contribution is -2.35. The van der Waals surface area contributed by atoms with Gasteiger partial charge in [0.25, 0.3) is 0 Å². The zero-order valence-corrected chi connectivity index (χ0v) is 13.1. The van der Waals surface area contributed by atoms with Gasteiger partial charge in [0.1, 0.15) is 0 Å². The van der Waals surface area contributed by atoms with Gasteiger partial charge < -0.3 is 4.90 Å². The molecule has 0 amide bonds. The van der Waals surface area contributed by atoms with E-state index in [0.717, 1.165) is 19.5 Å². The summed E-state index contributed by atoms with van der Waals surface area (Å²) >= 11 is 5.64. The highest BCUT2D eigenvalue weighted by atomic mass is 35.5. The van der Waals surface area contributed by atoms with E-state index in [2.05, 4.69) is 23.5 Å². The largest absolute Gasteiger partial charge is 0.301 e. The van der Waals surface area contributed by atoms with Crippen LogP contribution in [0, 0.1) is 11.8 Å². The van der Waals surface area contributed by atoms with Gasteiger partial charge in [-0.05, 0) is 38.6 Å². The van der Waals surface area contributed by atoms with Crippen molar-refractivity contribution in [3.63, 3.8) is 0 Å². The van der Waals surface area contributed by atoms with E-state index in [1.165, 1.54) is 0 Å². The average molecular weight is 297 g/mol. The summed E-state index contributed by atoms with van der Waals surface area (Å²) in [6.07, 6.45) is 1.08. The standard InChI is InChI=1S/C12H25ClN2O2S/c1-10(2)15-5-4-12(8-15)7-14-18(16,17)9-11(3)6-13/h10-12,14H,4-9H2,1-3H3. The Balaban J connectivity index is 2.33. The number of alkyl halides is 1. The van der Waals surface area contributed by atoms with E-state index in [1.54, 1.807) is 0 Å². The molecule has 0 aromatic carbocycles. The molecule has 6 heteroatoms. The quantitative estimate of drug-likeness (QED) is 0.725. The third kappa shape index (κ3) is 5.43. The predicted octanol–water partition coefficient (Wildman–Crippen LogP) is 1.51. The minimum absolute atomic E-state index is 0.0000859. The average Bonchev–Trinajstić information content (AvgIpc) is 2.74. The molecule has 1 heterocycles. The topological polar surface area (TPSA) is 49.4 Å². The van der Waals surface area contributed by atoms with E-state index in [1.807, 2.05) is 6.92 Å². The zero-order chi connectivity index (χ0) is 13.8. The molecule has 0 saturated carbocycles. The van der Waals surface area contributed by atoms with Crippen molar-refractivity contribution in [2.75, 3.05) is 31.3 Å². The molecular weight excluding hydrogens is 272 g/mol. The summed E-state index contributed by atoms with van der Waals surface area (Å²) in [5, 5.41) is 0. The maximum atomic E-state index is 11.8. The Labute approximate surface area is 116 Å². The summed E-state index contributed by atoms with van der Waals surface area (Å²) in [5.74, 6) is 0.941. The SMILES string of the molecule is CC(CCl)CS(=O)(=O)NCC1CCN(C(C)C)C1. The minimum Gasteiger partial charge on any atom is -0.301 e. The second-order valence-corrected chi connectivity index (χ2v) is 7.79. The second kappa shape index (κ2) is 7.08. The molecule has 18 heavy (non-hydrogen) atoms. The van der Waals surface area contributed by atoms with Crippen LogP contribution < -0.4 is 4.72 Å². The number of sulfonamides is 1. The summed E-state index contributed by atoms with van der Waals surface area (Å²) in [6, 6.07) is 0.544. The Morgan fingerprint density at radius 1 is 1.39 bits per heavy atom. The van der Waals surface area contributed by atoms with Crippen LogP contribution in [0.1, 0.15) is 27.2 Å². The molecule has 4 nitrogen and oxygen atoms in total. The van der Waals surface area contributed by atoms with E-state index in [-0.39, 0.29) is 11.7 Å². The maximum Gasteiger partial charge on any atom is 0.211 e. The van der Waals surface area contributed by atoms with Crippen LogP contribution in [0.3, 0.4) is 0 Å². The summed E-state index contributed by atoms with van der Waals surface area (Å²) < 4.78 is 26.3. The highest BCUT2D eigenvalue weighted by Crippen LogP contribution is 2.18. The Hall–Kier alpha value is 0.160. The van der Waals surface area contributed by atoms with Gasteiger partial charge in [0.2, 0.25) is 10.0 Å². The monoisotopic (exact) mass is 296 g/mol. The maximum absolute atomic E-state index is 11.8. The van der Waals surface area contributed by atoms with Crippen LogP contribution in [-0.4, -0.2) is 50.6 Å². The molecule has 1 fully saturated rings. The van der Waals surface area contributed by atoms with E-state index in [9.17, 15) is 8.42 Å². The number of halogens is 1. The Morgan fingerprint density at radius 2 is 2.06 bits per heavy atom. The predicted molar refractivity (Wildman–Crippen MR) is 76.5 cm³/mol. The van der Waals surface area contributed by atoms with Gasteiger partial charge in [0.05, 0.1) is 5.75 Å². The van der Waals surface area contributed by atoms with Crippen molar-refractivity contribution in [1.82, 2.24) is 9.62 Å². The van der Waals surface area contributed by atoms with Crippen molar-refractivity contribution in [3.8, 4) is 0 Å². The summed E-state index contributed by atoms with van der Waals surface area (Å²) in [7, 11) is -3.17. The lowest BCUT2D eigenvalue weighted by Gasteiger charge is -2.20. The molecule has 0 aromatic rings. The van der Waals surface area contributed by atoms with Gasteiger partial charge in [-0.2, -0.15) is 0 Å². The summed E-state index contributed by atoms with van der Waals surface area (Å²) in [6.45, 7) is 8.82. The molecule has 1 N–H and O–H groups in total. The van der Waals surface area contributed by atoms with Crippen molar-refractivity contribution < 1.29 is 8.42 Å². The third-order valence-corrected chi connectivity index (χ3v) is 5.55. The van der Waals surface area contributed by atoms with Crippen molar-refractivity contribution >= 4 is 21.6 Å². The highest BCUT2D eigenvalue weighted by molar-refractivity contribution is 7.89. The van der Waals surface area contributed by atoms with Crippen LogP contribution >= 0.6 is 11.6 Å². The molecule has 0 aliphatic carbocycles. The molecule has 1 saturated heterocycles. The van der Waals surface area contributed by atoms with Crippen LogP contribution in [-0.2, 0) is 10.0 Å². The van der Waals surface area contributed by atoms with E-state index in [0.29, 0.717) is 24.4 Å². The van der Waals surface area contributed by atoms with E-state index < -0.39 is 10.0 Å². The first-order valence-electron chi connectivity index (χ1n) is 6.61. The van der Waals surface area contributed by atoms with Gasteiger partial charge in [0, 0.05) is 25.0 Å². The Morgan fingerprint density at radius 3 is 2.56 bits per heavy atom. The number of hydrogen-bond acceptors (Lipinski definition) is 3. The number of nitrogens with zero attached hydrogens (tertiary/aromatic N) is 1. The lowest BCUT2D eigenvalue weighted by atomic mass is 10.1. The molecule has 0 spiro atoms. The van der Waals surface area contributed by atoms with Crippen molar-refractivity contribution in [1.29, 1.82) is 0 Å². The molecule has 0 bridgehead atoms. The number of likely N-dealkylation sites (tertiary alicyclic amines) is 1. The minimum atomic E-state index is -3.17. The van der Waals surface area contributed by atoms with E-state index >= 15 is 0 Å². The first-order valence-corrected chi connectivity index (χ1v) is 8.80. The second-order valence-electron chi connectivity index (χ2n) is 5.63. The number of nitrogens with one attached hydrogen (secondary N) is 1. The van der Waals surface area contributed by atoms with Gasteiger partial charge in [-0.1, -0.05) is 6.92 Å². The van der Waals surface area contributed by atoms with Gasteiger partial charge in [-0.25, -0.2) is 13.1 Å². The molecule has 1 aliphatic heterocycles. The van der Waals surface area contributed by atoms with Gasteiger partial charge >= 0.3 is 0 Å². The van der Waals surface area contributed by atoms with Gasteiger partial charge in [0.15, 0.2) is 0 Å². The molecule has 0 aromatic heterocycles. The molecule has 108 valence electrons. The highest BCUT2D eigenvalue weighted by Gasteiger charge is 2.25. The molecule has 2 atom stereocenters. The molecule has 1 rings (SSSR count). The van der Waals surface area contributed by atoms with Crippen LogP contribution in [0.5, 0.6) is 0 Å². The number of hydrogen-bond donors (Lipinski definition) is 1.